The number of hydrogen-bond donors (Lipinski definition) is 1. The second-order valence-electron chi connectivity index (χ2n) is 7.43. The molecule has 2 unspecified atom stereocenters. The van der Waals surface area contributed by atoms with Crippen molar-refractivity contribution < 1.29 is 33.3 Å². The molecular weight excluding hydrogens is 402 g/mol. The number of methoxy groups -OCH3 is 2. The molecule has 1 saturated heterocycles. The van der Waals surface area contributed by atoms with Crippen molar-refractivity contribution in [1.29, 1.82) is 0 Å². The lowest BCUT2D eigenvalue weighted by Gasteiger charge is -2.31. The SMILES string of the molecule is CCOC(=O)C1(Cc2ccc(OC)c(OC)c2)C(=O)NCC1c1ccc2c(c1)OCO2. The van der Waals surface area contributed by atoms with Crippen molar-refractivity contribution >= 4 is 11.9 Å². The minimum absolute atomic E-state index is 0.148. The van der Waals surface area contributed by atoms with E-state index < -0.39 is 17.3 Å². The largest absolute Gasteiger partial charge is 0.493 e. The number of amides is 1. The van der Waals surface area contributed by atoms with Gasteiger partial charge in [-0.2, -0.15) is 0 Å². The van der Waals surface area contributed by atoms with Crippen LogP contribution in [0.5, 0.6) is 23.0 Å². The van der Waals surface area contributed by atoms with E-state index in [1.54, 1.807) is 39.3 Å². The van der Waals surface area contributed by atoms with Crippen molar-refractivity contribution in [3.8, 4) is 23.0 Å². The maximum absolute atomic E-state index is 13.3. The van der Waals surface area contributed by atoms with Gasteiger partial charge in [-0.3, -0.25) is 9.59 Å². The summed E-state index contributed by atoms with van der Waals surface area (Å²) in [6, 6.07) is 10.9. The van der Waals surface area contributed by atoms with Gasteiger partial charge in [0.05, 0.1) is 20.8 Å². The molecule has 8 heteroatoms. The highest BCUT2D eigenvalue weighted by atomic mass is 16.7. The van der Waals surface area contributed by atoms with Gasteiger partial charge in [0, 0.05) is 12.5 Å². The average molecular weight is 427 g/mol. The highest BCUT2D eigenvalue weighted by Crippen LogP contribution is 2.47. The van der Waals surface area contributed by atoms with Gasteiger partial charge in [-0.05, 0) is 48.7 Å². The molecule has 0 aliphatic carbocycles. The lowest BCUT2D eigenvalue weighted by Crippen LogP contribution is -2.45. The molecule has 164 valence electrons. The molecule has 0 radical (unpaired) electrons. The van der Waals surface area contributed by atoms with Gasteiger partial charge in [0.1, 0.15) is 0 Å². The summed E-state index contributed by atoms with van der Waals surface area (Å²) in [7, 11) is 3.10. The van der Waals surface area contributed by atoms with E-state index in [1.165, 1.54) is 0 Å². The molecule has 2 aromatic rings. The van der Waals surface area contributed by atoms with Crippen LogP contribution in [0.1, 0.15) is 24.0 Å². The van der Waals surface area contributed by atoms with Crippen LogP contribution < -0.4 is 24.3 Å². The number of carbonyl (C=O) groups is 2. The number of benzene rings is 2. The van der Waals surface area contributed by atoms with E-state index in [0.29, 0.717) is 29.5 Å². The third-order valence-corrected chi connectivity index (χ3v) is 5.84. The molecule has 1 N–H and O–H groups in total. The van der Waals surface area contributed by atoms with Crippen molar-refractivity contribution in [3.63, 3.8) is 0 Å². The highest BCUT2D eigenvalue weighted by molar-refractivity contribution is 6.06. The van der Waals surface area contributed by atoms with E-state index in [4.69, 9.17) is 23.7 Å². The van der Waals surface area contributed by atoms with E-state index in [0.717, 1.165) is 11.1 Å². The summed E-state index contributed by atoms with van der Waals surface area (Å²) in [5.74, 6) is 0.979. The Hall–Kier alpha value is -3.42. The maximum atomic E-state index is 13.3. The van der Waals surface area contributed by atoms with Gasteiger partial charge >= 0.3 is 5.97 Å². The molecular formula is C23H25NO7. The maximum Gasteiger partial charge on any atom is 0.322 e. The fourth-order valence-corrected chi connectivity index (χ4v) is 4.30. The lowest BCUT2D eigenvalue weighted by atomic mass is 9.70. The van der Waals surface area contributed by atoms with E-state index in [2.05, 4.69) is 5.32 Å². The standard InChI is InChI=1S/C23H25NO7/c1-4-29-22(26)23(11-14-5-7-17(27-2)19(9-14)28-3)16(12-24-21(23)25)15-6-8-18-20(10-15)31-13-30-18/h5-10,16H,4,11-13H2,1-3H3,(H,24,25). The second-order valence-corrected chi connectivity index (χ2v) is 7.43. The van der Waals surface area contributed by atoms with Gasteiger partial charge in [0.15, 0.2) is 28.4 Å². The Morgan fingerprint density at radius 2 is 1.87 bits per heavy atom. The van der Waals surface area contributed by atoms with Crippen LogP contribution in [0.25, 0.3) is 0 Å². The summed E-state index contributed by atoms with van der Waals surface area (Å²) in [6.07, 6.45) is 0.150. The van der Waals surface area contributed by atoms with Crippen LogP contribution in [-0.4, -0.2) is 46.0 Å². The summed E-state index contributed by atoms with van der Waals surface area (Å²) >= 11 is 0. The third-order valence-electron chi connectivity index (χ3n) is 5.84. The zero-order valence-electron chi connectivity index (χ0n) is 17.7. The zero-order chi connectivity index (χ0) is 22.0. The molecule has 2 aliphatic rings. The number of fused-ring (bicyclic) bond motifs is 1. The van der Waals surface area contributed by atoms with E-state index >= 15 is 0 Å². The molecule has 31 heavy (non-hydrogen) atoms. The summed E-state index contributed by atoms with van der Waals surface area (Å²) in [5, 5.41) is 2.87. The van der Waals surface area contributed by atoms with Crippen LogP contribution >= 0.6 is 0 Å². The molecule has 2 aliphatic heterocycles. The summed E-state index contributed by atoms with van der Waals surface area (Å²) in [4.78, 5) is 26.5. The van der Waals surface area contributed by atoms with E-state index in [-0.39, 0.29) is 25.7 Å². The number of rotatable bonds is 7. The van der Waals surface area contributed by atoms with Crippen molar-refractivity contribution in [2.45, 2.75) is 19.3 Å². The molecule has 1 fully saturated rings. The third kappa shape index (κ3) is 3.52. The van der Waals surface area contributed by atoms with Crippen molar-refractivity contribution in [3.05, 3.63) is 47.5 Å². The van der Waals surface area contributed by atoms with Gasteiger partial charge in [0.25, 0.3) is 0 Å². The molecule has 0 bridgehead atoms. The molecule has 0 saturated carbocycles. The van der Waals surface area contributed by atoms with Crippen LogP contribution in [-0.2, 0) is 20.7 Å². The topological polar surface area (TPSA) is 92.3 Å². The van der Waals surface area contributed by atoms with Crippen LogP contribution in [0, 0.1) is 5.41 Å². The molecule has 2 aromatic carbocycles. The molecule has 2 atom stereocenters. The summed E-state index contributed by atoms with van der Waals surface area (Å²) < 4.78 is 27.0. The van der Waals surface area contributed by atoms with Gasteiger partial charge in [-0.25, -0.2) is 0 Å². The van der Waals surface area contributed by atoms with E-state index in [9.17, 15) is 9.59 Å². The van der Waals surface area contributed by atoms with Gasteiger partial charge in [-0.1, -0.05) is 12.1 Å². The number of esters is 1. The van der Waals surface area contributed by atoms with Crippen molar-refractivity contribution in [2.24, 2.45) is 5.41 Å². The molecule has 2 heterocycles. The first-order valence-corrected chi connectivity index (χ1v) is 10.1. The highest BCUT2D eigenvalue weighted by Gasteiger charge is 2.58. The van der Waals surface area contributed by atoms with Gasteiger partial charge in [0.2, 0.25) is 12.7 Å². The fraction of sp³-hybridized carbons (Fsp3) is 0.391. The fourth-order valence-electron chi connectivity index (χ4n) is 4.30. The zero-order valence-corrected chi connectivity index (χ0v) is 17.7. The Bertz CT molecular complexity index is 1010. The summed E-state index contributed by atoms with van der Waals surface area (Å²) in [5.41, 5.74) is 0.133. The predicted molar refractivity (Wildman–Crippen MR) is 111 cm³/mol. The Morgan fingerprint density at radius 3 is 2.61 bits per heavy atom. The second kappa shape index (κ2) is 8.37. The van der Waals surface area contributed by atoms with Crippen molar-refractivity contribution in [1.82, 2.24) is 5.32 Å². The Labute approximate surface area is 180 Å². The van der Waals surface area contributed by atoms with Crippen LogP contribution in [0.15, 0.2) is 36.4 Å². The van der Waals surface area contributed by atoms with Gasteiger partial charge < -0.3 is 29.0 Å². The molecule has 1 amide bonds. The average Bonchev–Trinajstić information content (AvgIpc) is 3.38. The summed E-state index contributed by atoms with van der Waals surface area (Å²) in [6.45, 7) is 2.36. The Morgan fingerprint density at radius 1 is 1.10 bits per heavy atom. The quantitative estimate of drug-likeness (QED) is 0.536. The van der Waals surface area contributed by atoms with Crippen molar-refractivity contribution in [2.75, 3.05) is 34.2 Å². The Balaban J connectivity index is 1.78. The Kier molecular flexibility index (Phi) is 5.63. The number of ether oxygens (including phenoxy) is 5. The molecule has 0 spiro atoms. The first-order chi connectivity index (χ1) is 15.0. The smallest absolute Gasteiger partial charge is 0.322 e. The predicted octanol–water partition coefficient (Wildman–Crippen LogP) is 2.44. The molecule has 4 rings (SSSR count). The normalized spacial score (nSPS) is 21.5. The number of carbonyl (C=O) groups excluding carboxylic acids is 2. The lowest BCUT2D eigenvalue weighted by molar-refractivity contribution is -0.160. The minimum atomic E-state index is -1.43. The number of hydrogen-bond acceptors (Lipinski definition) is 7. The first-order valence-electron chi connectivity index (χ1n) is 10.1. The number of nitrogens with one attached hydrogen (secondary N) is 1. The van der Waals surface area contributed by atoms with Crippen LogP contribution in [0.2, 0.25) is 0 Å². The first kappa shape index (κ1) is 20.8. The monoisotopic (exact) mass is 427 g/mol. The minimum Gasteiger partial charge on any atom is -0.493 e. The van der Waals surface area contributed by atoms with Crippen LogP contribution in [0.3, 0.4) is 0 Å². The molecule has 8 nitrogen and oxygen atoms in total. The van der Waals surface area contributed by atoms with E-state index in [1.807, 2.05) is 18.2 Å². The van der Waals surface area contributed by atoms with Gasteiger partial charge in [-0.15, -0.1) is 0 Å². The van der Waals surface area contributed by atoms with Crippen LogP contribution in [0.4, 0.5) is 0 Å². The molecule has 0 aromatic heterocycles.